The molecule has 0 atom stereocenters. The molecule has 0 N–H and O–H groups in total. The first-order chi connectivity index (χ1) is 7.09. The molecule has 0 bridgehead atoms. The molecule has 84 valence electrons. The predicted molar refractivity (Wildman–Crippen MR) is 53.6 cm³/mol. The SMILES string of the molecule is CCC(CC)(OC)c1noc(C(C)=O)n1. The summed E-state index contributed by atoms with van der Waals surface area (Å²) in [6.07, 6.45) is 1.47. The summed E-state index contributed by atoms with van der Waals surface area (Å²) in [6.45, 7) is 5.36. The van der Waals surface area contributed by atoms with Crippen molar-refractivity contribution in [1.82, 2.24) is 10.1 Å². The third-order valence-electron chi connectivity index (χ3n) is 2.67. The predicted octanol–water partition coefficient (Wildman–Crippen LogP) is 1.93. The van der Waals surface area contributed by atoms with Gasteiger partial charge in [-0.1, -0.05) is 19.0 Å². The van der Waals surface area contributed by atoms with Gasteiger partial charge in [-0.2, -0.15) is 4.98 Å². The highest BCUT2D eigenvalue weighted by atomic mass is 16.5. The minimum Gasteiger partial charge on any atom is -0.370 e. The molecule has 5 heteroatoms. The van der Waals surface area contributed by atoms with Gasteiger partial charge in [0.15, 0.2) is 0 Å². The lowest BCUT2D eigenvalue weighted by atomic mass is 9.96. The summed E-state index contributed by atoms with van der Waals surface area (Å²) < 4.78 is 10.3. The van der Waals surface area contributed by atoms with Gasteiger partial charge in [-0.25, -0.2) is 0 Å². The summed E-state index contributed by atoms with van der Waals surface area (Å²) >= 11 is 0. The van der Waals surface area contributed by atoms with E-state index in [0.29, 0.717) is 5.82 Å². The Balaban J connectivity index is 3.07. The van der Waals surface area contributed by atoms with Crippen LogP contribution in [-0.2, 0) is 10.3 Å². The van der Waals surface area contributed by atoms with Crippen molar-refractivity contribution in [1.29, 1.82) is 0 Å². The van der Waals surface area contributed by atoms with Gasteiger partial charge in [-0.05, 0) is 12.8 Å². The Kier molecular flexibility index (Phi) is 3.57. The monoisotopic (exact) mass is 212 g/mol. The number of methoxy groups -OCH3 is 1. The molecule has 1 rings (SSSR count). The maximum atomic E-state index is 11.0. The highest BCUT2D eigenvalue weighted by Gasteiger charge is 2.34. The van der Waals surface area contributed by atoms with E-state index in [4.69, 9.17) is 9.26 Å². The highest BCUT2D eigenvalue weighted by molar-refractivity contribution is 5.89. The lowest BCUT2D eigenvalue weighted by molar-refractivity contribution is -0.0306. The van der Waals surface area contributed by atoms with Crippen molar-refractivity contribution in [3.8, 4) is 0 Å². The van der Waals surface area contributed by atoms with Gasteiger partial charge in [0.1, 0.15) is 5.60 Å². The fourth-order valence-corrected chi connectivity index (χ4v) is 1.50. The molecule has 0 amide bonds. The maximum Gasteiger partial charge on any atom is 0.293 e. The van der Waals surface area contributed by atoms with Crippen LogP contribution in [0.5, 0.6) is 0 Å². The molecule has 0 radical (unpaired) electrons. The Morgan fingerprint density at radius 2 is 2.07 bits per heavy atom. The molecule has 0 aliphatic carbocycles. The van der Waals surface area contributed by atoms with Crippen molar-refractivity contribution in [3.05, 3.63) is 11.7 Å². The molecular weight excluding hydrogens is 196 g/mol. The van der Waals surface area contributed by atoms with Crippen LogP contribution in [0.3, 0.4) is 0 Å². The van der Waals surface area contributed by atoms with Gasteiger partial charge >= 0.3 is 0 Å². The Hall–Kier alpha value is -1.23. The summed E-state index contributed by atoms with van der Waals surface area (Å²) in [5, 5.41) is 3.79. The highest BCUT2D eigenvalue weighted by Crippen LogP contribution is 2.29. The van der Waals surface area contributed by atoms with Crippen molar-refractivity contribution in [3.63, 3.8) is 0 Å². The maximum absolute atomic E-state index is 11.0. The zero-order valence-corrected chi connectivity index (χ0v) is 9.53. The van der Waals surface area contributed by atoms with E-state index in [2.05, 4.69) is 10.1 Å². The number of carbonyl (C=O) groups excluding carboxylic acids is 1. The van der Waals surface area contributed by atoms with Crippen molar-refractivity contribution in [2.75, 3.05) is 7.11 Å². The standard InChI is InChI=1S/C10H16N2O3/c1-5-10(6-2,14-4)9-11-8(7(3)13)15-12-9/h5-6H2,1-4H3. The molecule has 15 heavy (non-hydrogen) atoms. The molecule has 0 aromatic carbocycles. The molecule has 0 saturated carbocycles. The average Bonchev–Trinajstić information content (AvgIpc) is 2.71. The Morgan fingerprint density at radius 1 is 1.47 bits per heavy atom. The van der Waals surface area contributed by atoms with Crippen LogP contribution in [0.2, 0.25) is 0 Å². The van der Waals surface area contributed by atoms with Crippen LogP contribution >= 0.6 is 0 Å². The summed E-state index contributed by atoms with van der Waals surface area (Å²) in [5.41, 5.74) is -0.544. The number of rotatable bonds is 5. The van der Waals surface area contributed by atoms with E-state index >= 15 is 0 Å². The van der Waals surface area contributed by atoms with Crippen LogP contribution < -0.4 is 0 Å². The second-order valence-corrected chi connectivity index (χ2v) is 3.38. The van der Waals surface area contributed by atoms with Crippen molar-refractivity contribution in [2.45, 2.75) is 39.2 Å². The van der Waals surface area contributed by atoms with E-state index in [1.165, 1.54) is 6.92 Å². The van der Waals surface area contributed by atoms with Gasteiger partial charge in [0.05, 0.1) is 0 Å². The average molecular weight is 212 g/mol. The van der Waals surface area contributed by atoms with E-state index in [1.807, 2.05) is 13.8 Å². The molecule has 0 spiro atoms. The first kappa shape index (κ1) is 11.8. The Morgan fingerprint density at radius 3 is 2.40 bits per heavy atom. The van der Waals surface area contributed by atoms with Crippen molar-refractivity contribution >= 4 is 5.78 Å². The molecule has 0 saturated heterocycles. The number of hydrogen-bond donors (Lipinski definition) is 0. The third kappa shape index (κ3) is 2.07. The lowest BCUT2D eigenvalue weighted by Crippen LogP contribution is -2.28. The Bertz CT molecular complexity index is 334. The molecule has 0 aliphatic rings. The topological polar surface area (TPSA) is 65.2 Å². The molecule has 1 heterocycles. The minimum absolute atomic E-state index is 0.0355. The van der Waals surface area contributed by atoms with E-state index < -0.39 is 5.60 Å². The number of hydrogen-bond acceptors (Lipinski definition) is 5. The van der Waals surface area contributed by atoms with Gasteiger partial charge in [0, 0.05) is 14.0 Å². The van der Waals surface area contributed by atoms with Crippen LogP contribution in [0.15, 0.2) is 4.52 Å². The first-order valence-corrected chi connectivity index (χ1v) is 5.00. The first-order valence-electron chi connectivity index (χ1n) is 5.00. The molecule has 0 fully saturated rings. The van der Waals surface area contributed by atoms with Crippen LogP contribution in [0.4, 0.5) is 0 Å². The number of nitrogens with zero attached hydrogens (tertiary/aromatic N) is 2. The van der Waals surface area contributed by atoms with Gasteiger partial charge in [-0.3, -0.25) is 4.79 Å². The molecule has 1 aromatic rings. The van der Waals surface area contributed by atoms with Gasteiger partial charge in [-0.15, -0.1) is 0 Å². The van der Waals surface area contributed by atoms with Crippen LogP contribution in [-0.4, -0.2) is 23.0 Å². The smallest absolute Gasteiger partial charge is 0.293 e. The number of ether oxygens (including phenoxy) is 1. The fraction of sp³-hybridized carbons (Fsp3) is 0.700. The van der Waals surface area contributed by atoms with E-state index in [0.717, 1.165) is 12.8 Å². The quantitative estimate of drug-likeness (QED) is 0.698. The van der Waals surface area contributed by atoms with Crippen LogP contribution in [0.25, 0.3) is 0 Å². The Labute approximate surface area is 88.8 Å². The van der Waals surface area contributed by atoms with Gasteiger partial charge in [0.2, 0.25) is 11.6 Å². The number of ketones is 1. The molecule has 0 unspecified atom stereocenters. The zero-order chi connectivity index (χ0) is 11.5. The van der Waals surface area contributed by atoms with Gasteiger partial charge < -0.3 is 9.26 Å². The number of carbonyl (C=O) groups is 1. The fourth-order valence-electron chi connectivity index (χ4n) is 1.50. The van der Waals surface area contributed by atoms with Crippen LogP contribution in [0.1, 0.15) is 50.1 Å². The minimum atomic E-state index is -0.544. The molecule has 1 aromatic heterocycles. The number of Topliss-reactive ketones (excluding diaryl/α,β-unsaturated/α-hetero) is 1. The summed E-state index contributed by atoms with van der Waals surface area (Å²) in [7, 11) is 1.61. The van der Waals surface area contributed by atoms with Crippen molar-refractivity contribution < 1.29 is 14.1 Å². The molecule has 0 aliphatic heterocycles. The third-order valence-corrected chi connectivity index (χ3v) is 2.67. The lowest BCUT2D eigenvalue weighted by Gasteiger charge is -2.25. The summed E-state index contributed by atoms with van der Waals surface area (Å²) in [5.74, 6) is 0.250. The second-order valence-electron chi connectivity index (χ2n) is 3.38. The van der Waals surface area contributed by atoms with Crippen LogP contribution in [0, 0.1) is 0 Å². The molecular formula is C10H16N2O3. The number of aromatic nitrogens is 2. The van der Waals surface area contributed by atoms with E-state index in [-0.39, 0.29) is 11.7 Å². The second kappa shape index (κ2) is 4.53. The van der Waals surface area contributed by atoms with E-state index in [9.17, 15) is 4.79 Å². The summed E-state index contributed by atoms with van der Waals surface area (Å²) in [6, 6.07) is 0. The normalized spacial score (nSPS) is 11.7. The van der Waals surface area contributed by atoms with E-state index in [1.54, 1.807) is 7.11 Å². The zero-order valence-electron chi connectivity index (χ0n) is 9.53. The van der Waals surface area contributed by atoms with Gasteiger partial charge in [0.25, 0.3) is 5.89 Å². The largest absolute Gasteiger partial charge is 0.370 e. The molecule has 5 nitrogen and oxygen atoms in total. The van der Waals surface area contributed by atoms with Crippen molar-refractivity contribution in [2.24, 2.45) is 0 Å². The summed E-state index contributed by atoms with van der Waals surface area (Å²) in [4.78, 5) is 15.1.